The van der Waals surface area contributed by atoms with Crippen LogP contribution in [0.1, 0.15) is 12.8 Å². The van der Waals surface area contributed by atoms with E-state index in [2.05, 4.69) is 10.1 Å². The first-order chi connectivity index (χ1) is 10.1. The molecule has 0 aliphatic heterocycles. The van der Waals surface area contributed by atoms with Crippen LogP contribution in [0.2, 0.25) is 0 Å². The number of benzene rings is 1. The number of ether oxygens (including phenoxy) is 1. The number of carbonyl (C=O) groups excluding carboxylic acids is 2. The number of halogens is 1. The van der Waals surface area contributed by atoms with Crippen LogP contribution in [0.15, 0.2) is 30.5 Å². The topological polar surface area (TPSA) is 60.3 Å². The first kappa shape index (κ1) is 15.0. The monoisotopic (exact) mass is 292 g/mol. The summed E-state index contributed by atoms with van der Waals surface area (Å²) in [6.07, 6.45) is 2.55. The maximum atomic E-state index is 13.2. The Bertz CT molecular complexity index is 651. The van der Waals surface area contributed by atoms with E-state index in [1.165, 1.54) is 19.2 Å². The molecule has 1 aromatic carbocycles. The molecule has 0 aliphatic rings. The molecule has 0 bridgehead atoms. The fourth-order valence-corrected chi connectivity index (χ4v) is 2.07. The fraction of sp³-hybridized carbons (Fsp3) is 0.333. The molecular formula is C15H17FN2O3. The molecule has 0 saturated heterocycles. The Balaban J connectivity index is 1.87. The molecule has 2 aromatic rings. The van der Waals surface area contributed by atoms with Gasteiger partial charge in [0.2, 0.25) is 5.91 Å². The van der Waals surface area contributed by atoms with E-state index in [1.807, 2.05) is 6.07 Å². The van der Waals surface area contributed by atoms with Gasteiger partial charge in [-0.1, -0.05) is 0 Å². The molecule has 112 valence electrons. The predicted molar refractivity (Wildman–Crippen MR) is 76.2 cm³/mol. The van der Waals surface area contributed by atoms with Crippen molar-refractivity contribution in [3.05, 3.63) is 36.3 Å². The van der Waals surface area contributed by atoms with Crippen LogP contribution >= 0.6 is 0 Å². The zero-order valence-electron chi connectivity index (χ0n) is 11.8. The highest BCUT2D eigenvalue weighted by molar-refractivity contribution is 5.83. The van der Waals surface area contributed by atoms with Gasteiger partial charge in [0.15, 0.2) is 0 Å². The van der Waals surface area contributed by atoms with Crippen molar-refractivity contribution in [1.29, 1.82) is 0 Å². The van der Waals surface area contributed by atoms with Gasteiger partial charge in [-0.25, -0.2) is 4.39 Å². The van der Waals surface area contributed by atoms with Gasteiger partial charge in [0.05, 0.1) is 12.6 Å². The SMILES string of the molecule is COC(=O)CCCNC(=O)Cn1ccc2ccc(F)cc21. The van der Waals surface area contributed by atoms with Gasteiger partial charge in [-0.15, -0.1) is 0 Å². The second kappa shape index (κ2) is 6.88. The summed E-state index contributed by atoms with van der Waals surface area (Å²) in [5.74, 6) is -0.807. The quantitative estimate of drug-likeness (QED) is 0.653. The predicted octanol–water partition coefficient (Wildman–Crippen LogP) is 1.85. The molecule has 21 heavy (non-hydrogen) atoms. The van der Waals surface area contributed by atoms with E-state index in [0.29, 0.717) is 18.5 Å². The molecule has 0 aliphatic carbocycles. The maximum absolute atomic E-state index is 13.2. The fourth-order valence-electron chi connectivity index (χ4n) is 2.07. The van der Waals surface area contributed by atoms with Crippen molar-refractivity contribution in [2.24, 2.45) is 0 Å². The molecule has 0 spiro atoms. The minimum absolute atomic E-state index is 0.116. The van der Waals surface area contributed by atoms with Gasteiger partial charge in [0.1, 0.15) is 12.4 Å². The number of nitrogens with zero attached hydrogens (tertiary/aromatic N) is 1. The lowest BCUT2D eigenvalue weighted by atomic mass is 10.2. The van der Waals surface area contributed by atoms with Crippen LogP contribution in [0.25, 0.3) is 10.9 Å². The zero-order valence-corrected chi connectivity index (χ0v) is 11.8. The molecule has 5 nitrogen and oxygen atoms in total. The number of amides is 1. The lowest BCUT2D eigenvalue weighted by molar-refractivity contribution is -0.140. The van der Waals surface area contributed by atoms with Crippen molar-refractivity contribution in [3.63, 3.8) is 0 Å². The average Bonchev–Trinajstić information content (AvgIpc) is 2.85. The van der Waals surface area contributed by atoms with Gasteiger partial charge in [-0.2, -0.15) is 0 Å². The number of esters is 1. The first-order valence-electron chi connectivity index (χ1n) is 6.68. The number of fused-ring (bicyclic) bond motifs is 1. The summed E-state index contributed by atoms with van der Waals surface area (Å²) >= 11 is 0. The summed E-state index contributed by atoms with van der Waals surface area (Å²) < 4.78 is 19.4. The van der Waals surface area contributed by atoms with Gasteiger partial charge >= 0.3 is 5.97 Å². The third-order valence-corrected chi connectivity index (χ3v) is 3.16. The van der Waals surface area contributed by atoms with Crippen molar-refractivity contribution < 1.29 is 18.7 Å². The lowest BCUT2D eigenvalue weighted by Gasteiger charge is -2.07. The molecule has 1 heterocycles. The first-order valence-corrected chi connectivity index (χ1v) is 6.68. The lowest BCUT2D eigenvalue weighted by Crippen LogP contribution is -2.28. The average molecular weight is 292 g/mol. The van der Waals surface area contributed by atoms with Crippen molar-refractivity contribution in [3.8, 4) is 0 Å². The van der Waals surface area contributed by atoms with Crippen LogP contribution in [0, 0.1) is 5.82 Å². The Hall–Kier alpha value is -2.37. The smallest absolute Gasteiger partial charge is 0.305 e. The number of methoxy groups -OCH3 is 1. The normalized spacial score (nSPS) is 10.6. The van der Waals surface area contributed by atoms with Crippen LogP contribution in [-0.2, 0) is 20.9 Å². The minimum atomic E-state index is -0.332. The number of aromatic nitrogens is 1. The molecule has 0 atom stereocenters. The van der Waals surface area contributed by atoms with Crippen molar-refractivity contribution >= 4 is 22.8 Å². The summed E-state index contributed by atoms with van der Waals surface area (Å²) in [5, 5.41) is 3.60. The van der Waals surface area contributed by atoms with E-state index >= 15 is 0 Å². The number of rotatable bonds is 6. The van der Waals surface area contributed by atoms with E-state index in [0.717, 1.165) is 5.39 Å². The number of hydrogen-bond acceptors (Lipinski definition) is 3. The molecule has 1 amide bonds. The van der Waals surface area contributed by atoms with E-state index in [1.54, 1.807) is 16.8 Å². The molecule has 6 heteroatoms. The highest BCUT2D eigenvalue weighted by Gasteiger charge is 2.07. The van der Waals surface area contributed by atoms with Crippen LogP contribution in [0.5, 0.6) is 0 Å². The Morgan fingerprint density at radius 3 is 2.90 bits per heavy atom. The van der Waals surface area contributed by atoms with E-state index < -0.39 is 0 Å². The van der Waals surface area contributed by atoms with Crippen molar-refractivity contribution in [2.75, 3.05) is 13.7 Å². The van der Waals surface area contributed by atoms with Gasteiger partial charge in [-0.3, -0.25) is 9.59 Å². The summed E-state index contributed by atoms with van der Waals surface area (Å²) in [6, 6.07) is 6.30. The van der Waals surface area contributed by atoms with E-state index in [4.69, 9.17) is 0 Å². The molecule has 1 N–H and O–H groups in total. The van der Waals surface area contributed by atoms with E-state index in [-0.39, 0.29) is 30.7 Å². The second-order valence-electron chi connectivity index (χ2n) is 4.68. The molecule has 0 fully saturated rings. The molecule has 1 aromatic heterocycles. The van der Waals surface area contributed by atoms with Crippen LogP contribution in [0.4, 0.5) is 4.39 Å². The zero-order chi connectivity index (χ0) is 15.2. The number of nitrogens with one attached hydrogen (secondary N) is 1. The Morgan fingerprint density at radius 2 is 2.14 bits per heavy atom. The maximum Gasteiger partial charge on any atom is 0.305 e. The van der Waals surface area contributed by atoms with Gasteiger partial charge in [0.25, 0.3) is 0 Å². The Kier molecular flexibility index (Phi) is 4.92. The standard InChI is InChI=1S/C15H17FN2O3/c1-21-15(20)3-2-7-17-14(19)10-18-8-6-11-4-5-12(16)9-13(11)18/h4-6,8-9H,2-3,7,10H2,1H3,(H,17,19). The summed E-state index contributed by atoms with van der Waals surface area (Å²) in [6.45, 7) is 0.521. The summed E-state index contributed by atoms with van der Waals surface area (Å²) in [7, 11) is 1.33. The third kappa shape index (κ3) is 4.05. The second-order valence-corrected chi connectivity index (χ2v) is 4.68. The highest BCUT2D eigenvalue weighted by atomic mass is 19.1. The molecule has 2 rings (SSSR count). The third-order valence-electron chi connectivity index (χ3n) is 3.16. The Morgan fingerprint density at radius 1 is 1.33 bits per heavy atom. The molecule has 0 unspecified atom stereocenters. The van der Waals surface area contributed by atoms with Crippen molar-refractivity contribution in [1.82, 2.24) is 9.88 Å². The molecule has 0 radical (unpaired) electrons. The molecular weight excluding hydrogens is 275 g/mol. The van der Waals surface area contributed by atoms with E-state index in [9.17, 15) is 14.0 Å². The summed E-state index contributed by atoms with van der Waals surface area (Å²) in [5.41, 5.74) is 0.680. The van der Waals surface area contributed by atoms with Gasteiger partial charge in [0, 0.05) is 19.2 Å². The number of carbonyl (C=O) groups is 2. The number of hydrogen-bond donors (Lipinski definition) is 1. The van der Waals surface area contributed by atoms with Gasteiger partial charge in [-0.05, 0) is 36.1 Å². The van der Waals surface area contributed by atoms with Crippen molar-refractivity contribution in [2.45, 2.75) is 19.4 Å². The largest absolute Gasteiger partial charge is 0.469 e. The summed E-state index contributed by atoms with van der Waals surface area (Å²) in [4.78, 5) is 22.7. The van der Waals surface area contributed by atoms with Crippen LogP contribution in [0.3, 0.4) is 0 Å². The van der Waals surface area contributed by atoms with Crippen LogP contribution < -0.4 is 5.32 Å². The highest BCUT2D eigenvalue weighted by Crippen LogP contribution is 2.16. The van der Waals surface area contributed by atoms with Gasteiger partial charge < -0.3 is 14.6 Å². The minimum Gasteiger partial charge on any atom is -0.469 e. The Labute approximate surface area is 121 Å². The molecule has 0 saturated carbocycles. The van der Waals surface area contributed by atoms with Crippen LogP contribution in [-0.4, -0.2) is 30.1 Å².